The van der Waals surface area contributed by atoms with Crippen LogP contribution in [0.5, 0.6) is 5.75 Å². The lowest BCUT2D eigenvalue weighted by Crippen LogP contribution is -2.53. The smallest absolute Gasteiger partial charge is 0.175 e. The number of nitrogens with one attached hydrogen (secondary N) is 1. The van der Waals surface area contributed by atoms with Crippen LogP contribution in [0.1, 0.15) is 5.56 Å². The first-order valence-electron chi connectivity index (χ1n) is 9.13. The molecule has 152 valence electrons. The molecule has 1 N–H and O–H groups in total. The van der Waals surface area contributed by atoms with Crippen molar-refractivity contribution in [2.24, 2.45) is 0 Å². The molecule has 0 saturated carbocycles. The van der Waals surface area contributed by atoms with Crippen molar-refractivity contribution < 1.29 is 13.2 Å². The summed E-state index contributed by atoms with van der Waals surface area (Å²) >= 11 is 12.1. The molecule has 1 aliphatic rings. The van der Waals surface area contributed by atoms with E-state index < -0.39 is 9.84 Å². The monoisotopic (exact) mass is 442 g/mol. The van der Waals surface area contributed by atoms with Crippen molar-refractivity contribution >= 4 is 33.0 Å². The van der Waals surface area contributed by atoms with Gasteiger partial charge in [0.05, 0.1) is 10.9 Å². The minimum Gasteiger partial charge on any atom is -0.492 e. The highest BCUT2D eigenvalue weighted by Gasteiger charge is 2.20. The Bertz CT molecular complexity index is 884. The standard InChI is InChI=1S/C20H24Cl2N2O3S/c1-28(25,26)20-4-2-19(3-5-20)27-14-18-13-24(9-7-23-18)8-6-15-10-16(21)12-17(22)11-15/h2-5,10-12,18,23H,6-9,13-14H2,1H3/t18-/m0/s1. The van der Waals surface area contributed by atoms with Crippen molar-refractivity contribution in [1.82, 2.24) is 10.2 Å². The molecule has 2 aromatic rings. The first kappa shape index (κ1) is 21.4. The molecule has 0 unspecified atom stereocenters. The van der Waals surface area contributed by atoms with E-state index in [1.807, 2.05) is 12.1 Å². The Hall–Kier alpha value is -1.31. The van der Waals surface area contributed by atoms with E-state index >= 15 is 0 Å². The van der Waals surface area contributed by atoms with Crippen LogP contribution in [0.25, 0.3) is 0 Å². The second kappa shape index (κ2) is 9.46. The maximum atomic E-state index is 11.5. The van der Waals surface area contributed by atoms with Gasteiger partial charge < -0.3 is 15.0 Å². The van der Waals surface area contributed by atoms with Gasteiger partial charge in [0.1, 0.15) is 12.4 Å². The fourth-order valence-corrected chi connectivity index (χ4v) is 4.43. The molecule has 8 heteroatoms. The molecule has 0 aromatic heterocycles. The maximum Gasteiger partial charge on any atom is 0.175 e. The minimum absolute atomic E-state index is 0.214. The molecule has 5 nitrogen and oxygen atoms in total. The summed E-state index contributed by atoms with van der Waals surface area (Å²) < 4.78 is 28.9. The Kier molecular flexibility index (Phi) is 7.23. The number of nitrogens with zero attached hydrogens (tertiary/aromatic N) is 1. The van der Waals surface area contributed by atoms with E-state index in [-0.39, 0.29) is 6.04 Å². The SMILES string of the molecule is CS(=O)(=O)c1ccc(OC[C@@H]2CN(CCc3cc(Cl)cc(Cl)c3)CCN2)cc1. The van der Waals surface area contributed by atoms with E-state index in [0.29, 0.717) is 27.3 Å². The zero-order chi connectivity index (χ0) is 20.1. The number of hydrogen-bond donors (Lipinski definition) is 1. The first-order valence-corrected chi connectivity index (χ1v) is 11.8. The van der Waals surface area contributed by atoms with Gasteiger partial charge in [-0.3, -0.25) is 0 Å². The molecule has 1 saturated heterocycles. The predicted octanol–water partition coefficient (Wildman–Crippen LogP) is 3.29. The highest BCUT2D eigenvalue weighted by atomic mass is 35.5. The van der Waals surface area contributed by atoms with E-state index in [4.69, 9.17) is 27.9 Å². The highest BCUT2D eigenvalue weighted by molar-refractivity contribution is 7.90. The molecule has 0 radical (unpaired) electrons. The second-order valence-corrected chi connectivity index (χ2v) is 9.92. The third kappa shape index (κ3) is 6.36. The Morgan fingerprint density at radius 3 is 2.46 bits per heavy atom. The number of piperazine rings is 1. The quantitative estimate of drug-likeness (QED) is 0.712. The Morgan fingerprint density at radius 2 is 1.82 bits per heavy atom. The van der Waals surface area contributed by atoms with E-state index in [9.17, 15) is 8.42 Å². The van der Waals surface area contributed by atoms with Crippen LogP contribution >= 0.6 is 23.2 Å². The molecule has 0 amide bonds. The van der Waals surface area contributed by atoms with Crippen molar-refractivity contribution in [3.05, 3.63) is 58.1 Å². The van der Waals surface area contributed by atoms with Crippen LogP contribution < -0.4 is 10.1 Å². The number of rotatable bonds is 7. The number of ether oxygens (including phenoxy) is 1. The van der Waals surface area contributed by atoms with Gasteiger partial charge in [-0.05, 0) is 54.4 Å². The molecule has 0 spiro atoms. The molecular weight excluding hydrogens is 419 g/mol. The zero-order valence-corrected chi connectivity index (χ0v) is 18.0. The van der Waals surface area contributed by atoms with Gasteiger partial charge >= 0.3 is 0 Å². The fraction of sp³-hybridized carbons (Fsp3) is 0.400. The van der Waals surface area contributed by atoms with Crippen LogP contribution in [0.2, 0.25) is 10.0 Å². The predicted molar refractivity (Wildman–Crippen MR) is 113 cm³/mol. The molecule has 1 aliphatic heterocycles. The lowest BCUT2D eigenvalue weighted by atomic mass is 10.1. The summed E-state index contributed by atoms with van der Waals surface area (Å²) in [6.45, 7) is 4.22. The normalized spacial score (nSPS) is 18.2. The van der Waals surface area contributed by atoms with Gasteiger partial charge in [-0.15, -0.1) is 0 Å². The van der Waals surface area contributed by atoms with Crippen LogP contribution in [0.15, 0.2) is 47.4 Å². The van der Waals surface area contributed by atoms with Crippen LogP contribution in [-0.4, -0.2) is 58.4 Å². The van der Waals surface area contributed by atoms with Gasteiger partial charge in [-0.2, -0.15) is 0 Å². The van der Waals surface area contributed by atoms with Crippen molar-refractivity contribution in [1.29, 1.82) is 0 Å². The number of hydrogen-bond acceptors (Lipinski definition) is 5. The lowest BCUT2D eigenvalue weighted by molar-refractivity contribution is 0.159. The average Bonchev–Trinajstić information content (AvgIpc) is 2.64. The van der Waals surface area contributed by atoms with E-state index in [2.05, 4.69) is 10.2 Å². The summed E-state index contributed by atoms with van der Waals surface area (Å²) in [6, 6.07) is 12.4. The van der Waals surface area contributed by atoms with Crippen LogP contribution in [-0.2, 0) is 16.3 Å². The Balaban J connectivity index is 1.48. The molecule has 0 aliphatic carbocycles. The topological polar surface area (TPSA) is 58.6 Å². The highest BCUT2D eigenvalue weighted by Crippen LogP contribution is 2.20. The van der Waals surface area contributed by atoms with Crippen molar-refractivity contribution in [2.45, 2.75) is 17.4 Å². The van der Waals surface area contributed by atoms with E-state index in [0.717, 1.165) is 38.2 Å². The minimum atomic E-state index is -3.19. The first-order chi connectivity index (χ1) is 13.3. The number of benzene rings is 2. The van der Waals surface area contributed by atoms with Crippen molar-refractivity contribution in [3.8, 4) is 5.75 Å². The maximum absolute atomic E-state index is 11.5. The molecule has 2 aromatic carbocycles. The van der Waals surface area contributed by atoms with E-state index in [1.54, 1.807) is 30.3 Å². The van der Waals surface area contributed by atoms with Gasteiger partial charge in [0, 0.05) is 42.5 Å². The molecule has 1 atom stereocenters. The number of halogens is 2. The summed E-state index contributed by atoms with van der Waals surface area (Å²) in [5.74, 6) is 0.667. The van der Waals surface area contributed by atoms with Crippen LogP contribution in [0, 0.1) is 0 Å². The summed E-state index contributed by atoms with van der Waals surface area (Å²) in [5, 5.41) is 4.79. The number of sulfone groups is 1. The lowest BCUT2D eigenvalue weighted by Gasteiger charge is -2.33. The third-order valence-electron chi connectivity index (χ3n) is 4.68. The van der Waals surface area contributed by atoms with Gasteiger partial charge in [0.2, 0.25) is 0 Å². The zero-order valence-electron chi connectivity index (χ0n) is 15.7. The van der Waals surface area contributed by atoms with Crippen molar-refractivity contribution in [3.63, 3.8) is 0 Å². The van der Waals surface area contributed by atoms with Crippen molar-refractivity contribution in [2.75, 3.05) is 39.0 Å². The Morgan fingerprint density at radius 1 is 1.14 bits per heavy atom. The molecule has 28 heavy (non-hydrogen) atoms. The van der Waals surface area contributed by atoms with Gasteiger partial charge in [-0.1, -0.05) is 23.2 Å². The average molecular weight is 443 g/mol. The largest absolute Gasteiger partial charge is 0.492 e. The molecular formula is C20H24Cl2N2O3S. The van der Waals surface area contributed by atoms with E-state index in [1.165, 1.54) is 6.26 Å². The van der Waals surface area contributed by atoms with Crippen LogP contribution in [0.4, 0.5) is 0 Å². The second-order valence-electron chi connectivity index (χ2n) is 7.03. The molecule has 3 rings (SSSR count). The van der Waals surface area contributed by atoms with Crippen LogP contribution in [0.3, 0.4) is 0 Å². The summed E-state index contributed by atoms with van der Waals surface area (Å²) in [7, 11) is -3.19. The fourth-order valence-electron chi connectivity index (χ4n) is 3.23. The third-order valence-corrected chi connectivity index (χ3v) is 6.25. The Labute approximate surface area is 176 Å². The summed E-state index contributed by atoms with van der Waals surface area (Å²) in [5.41, 5.74) is 1.13. The summed E-state index contributed by atoms with van der Waals surface area (Å²) in [6.07, 6.45) is 2.08. The van der Waals surface area contributed by atoms with Gasteiger partial charge in [-0.25, -0.2) is 8.42 Å². The summed E-state index contributed by atoms with van der Waals surface area (Å²) in [4.78, 5) is 2.69. The molecule has 1 heterocycles. The van der Waals surface area contributed by atoms with Gasteiger partial charge in [0.15, 0.2) is 9.84 Å². The molecule has 1 fully saturated rings. The molecule has 0 bridgehead atoms. The van der Waals surface area contributed by atoms with Gasteiger partial charge in [0.25, 0.3) is 0 Å².